The molecule has 0 radical (unpaired) electrons. The van der Waals surface area contributed by atoms with Crippen LogP contribution in [0.5, 0.6) is 17.2 Å². The van der Waals surface area contributed by atoms with E-state index >= 15 is 0 Å². The van der Waals surface area contributed by atoms with E-state index in [0.29, 0.717) is 6.42 Å². The number of aliphatic hydroxyl groups is 1. The van der Waals surface area contributed by atoms with E-state index in [1.807, 2.05) is 30.3 Å². The van der Waals surface area contributed by atoms with Gasteiger partial charge in [-0.3, -0.25) is 4.79 Å². The van der Waals surface area contributed by atoms with Gasteiger partial charge in [-0.05, 0) is 61.4 Å². The molecule has 3 aromatic rings. The van der Waals surface area contributed by atoms with Crippen molar-refractivity contribution in [1.82, 2.24) is 10.6 Å². The van der Waals surface area contributed by atoms with E-state index in [9.17, 15) is 18.7 Å². The van der Waals surface area contributed by atoms with Crippen LogP contribution in [0.3, 0.4) is 0 Å². The van der Waals surface area contributed by atoms with Gasteiger partial charge in [-0.15, -0.1) is 8.78 Å². The maximum atomic E-state index is 13.6. The highest BCUT2D eigenvalue weighted by Crippen LogP contribution is 2.49. The minimum Gasteiger partial charge on any atom is -0.487 e. The molecule has 1 fully saturated rings. The summed E-state index contributed by atoms with van der Waals surface area (Å²) in [5.74, 6) is 0.198. The molecule has 1 spiro atoms. The molecular weight excluding hydrogens is 554 g/mol. The zero-order valence-electron chi connectivity index (χ0n) is 24.0. The van der Waals surface area contributed by atoms with Crippen molar-refractivity contribution in [1.29, 1.82) is 0 Å². The summed E-state index contributed by atoms with van der Waals surface area (Å²) in [7, 11) is 0. The number of rotatable bonds is 10. The first-order valence-corrected chi connectivity index (χ1v) is 14.9. The Balaban J connectivity index is 1.16. The maximum Gasteiger partial charge on any atom is 0.586 e. The van der Waals surface area contributed by atoms with Gasteiger partial charge in [0.25, 0.3) is 0 Å². The zero-order valence-corrected chi connectivity index (χ0v) is 24.0. The molecule has 1 aliphatic carbocycles. The number of benzene rings is 3. The van der Waals surface area contributed by atoms with E-state index in [1.54, 1.807) is 12.1 Å². The number of ether oxygens (including phenoxy) is 3. The third-order valence-corrected chi connectivity index (χ3v) is 8.56. The van der Waals surface area contributed by atoms with E-state index in [4.69, 9.17) is 4.74 Å². The summed E-state index contributed by atoms with van der Waals surface area (Å²) in [4.78, 5) is 13.1. The molecule has 7 nitrogen and oxygen atoms in total. The highest BCUT2D eigenvalue weighted by Gasteiger charge is 2.46. The Kier molecular flexibility index (Phi) is 8.11. The van der Waals surface area contributed by atoms with E-state index in [1.165, 1.54) is 23.8 Å². The van der Waals surface area contributed by atoms with E-state index < -0.39 is 24.3 Å². The lowest BCUT2D eigenvalue weighted by atomic mass is 9.72. The highest BCUT2D eigenvalue weighted by molar-refractivity contribution is 5.92. The molecule has 3 aromatic carbocycles. The molecule has 2 heterocycles. The van der Waals surface area contributed by atoms with Gasteiger partial charge in [0.2, 0.25) is 5.91 Å². The zero-order chi connectivity index (χ0) is 30.0. The summed E-state index contributed by atoms with van der Waals surface area (Å²) in [6.07, 6.45) is 3.29. The van der Waals surface area contributed by atoms with Crippen molar-refractivity contribution in [3.8, 4) is 17.2 Å². The first-order valence-electron chi connectivity index (χ1n) is 14.9. The van der Waals surface area contributed by atoms with Crippen LogP contribution < -0.4 is 24.8 Å². The summed E-state index contributed by atoms with van der Waals surface area (Å²) in [5.41, 5.74) is 3.40. The quantitative estimate of drug-likeness (QED) is 0.262. The van der Waals surface area contributed by atoms with Crippen LogP contribution >= 0.6 is 0 Å². The lowest BCUT2D eigenvalue weighted by molar-refractivity contribution is -0.286. The van der Waals surface area contributed by atoms with Crippen LogP contribution in [0.15, 0.2) is 72.8 Å². The van der Waals surface area contributed by atoms with Gasteiger partial charge in [-0.2, -0.15) is 0 Å². The number of alkyl halides is 2. The van der Waals surface area contributed by atoms with Gasteiger partial charge in [0.1, 0.15) is 11.4 Å². The molecule has 3 aliphatic rings. The average molecular weight is 591 g/mol. The van der Waals surface area contributed by atoms with Crippen LogP contribution in [0.2, 0.25) is 0 Å². The topological polar surface area (TPSA) is 89.1 Å². The molecule has 43 heavy (non-hydrogen) atoms. The molecule has 3 atom stereocenters. The Morgan fingerprint density at radius 1 is 1.02 bits per heavy atom. The second-order valence-electron chi connectivity index (χ2n) is 11.6. The smallest absolute Gasteiger partial charge is 0.487 e. The number of fused-ring (bicyclic) bond motifs is 2. The Morgan fingerprint density at radius 2 is 1.84 bits per heavy atom. The van der Waals surface area contributed by atoms with Crippen molar-refractivity contribution >= 4 is 12.0 Å². The molecule has 226 valence electrons. The minimum atomic E-state index is -3.76. The standard InChI is InChI=1S/C34H36F2N2O5/c1-2-22-12-14-29-25(18-22)27(20-33(41-29)16-7-17-33)37-21-28(39)26(19-23-8-4-3-5-9-23)38-31(40)15-13-24-10-6-11-30-32(24)43-34(35,36)42-30/h3-6,8-15,18,26-28,37,39H,2,7,16-17,19-21H2,1H3,(H,38,40)/b15-13+/t26-,27-,28+/m0/s1. The van der Waals surface area contributed by atoms with Crippen LogP contribution in [0.4, 0.5) is 8.78 Å². The minimum absolute atomic E-state index is 0.0127. The van der Waals surface area contributed by atoms with Crippen molar-refractivity contribution < 1.29 is 32.9 Å². The predicted molar refractivity (Wildman–Crippen MR) is 158 cm³/mol. The molecule has 0 saturated heterocycles. The summed E-state index contributed by atoms with van der Waals surface area (Å²) < 4.78 is 42.7. The Bertz CT molecular complexity index is 1490. The van der Waals surface area contributed by atoms with Crippen molar-refractivity contribution in [2.45, 2.75) is 75.5 Å². The molecule has 3 N–H and O–H groups in total. The third-order valence-electron chi connectivity index (χ3n) is 8.56. The summed E-state index contributed by atoms with van der Waals surface area (Å²) in [6, 6.07) is 19.8. The lowest BCUT2D eigenvalue weighted by Gasteiger charge is -2.48. The molecule has 6 rings (SSSR count). The number of carbonyl (C=O) groups excluding carboxylic acids is 1. The van der Waals surface area contributed by atoms with Gasteiger partial charge in [0.15, 0.2) is 11.5 Å². The van der Waals surface area contributed by atoms with E-state index in [0.717, 1.165) is 49.0 Å². The fraction of sp³-hybridized carbons (Fsp3) is 0.382. The molecule has 9 heteroatoms. The molecule has 0 bridgehead atoms. The van der Waals surface area contributed by atoms with Crippen LogP contribution in [-0.4, -0.2) is 41.6 Å². The molecule has 1 amide bonds. The van der Waals surface area contributed by atoms with E-state index in [-0.39, 0.29) is 35.3 Å². The first kappa shape index (κ1) is 29.1. The Labute approximate surface area is 249 Å². The lowest BCUT2D eigenvalue weighted by Crippen LogP contribution is -2.52. The number of nitrogens with one attached hydrogen (secondary N) is 2. The maximum absolute atomic E-state index is 13.6. The van der Waals surface area contributed by atoms with Gasteiger partial charge in [-0.1, -0.05) is 61.5 Å². The monoisotopic (exact) mass is 590 g/mol. The van der Waals surface area contributed by atoms with Gasteiger partial charge in [0, 0.05) is 36.2 Å². The van der Waals surface area contributed by atoms with Gasteiger partial charge in [-0.25, -0.2) is 0 Å². The predicted octanol–water partition coefficient (Wildman–Crippen LogP) is 5.71. The second kappa shape index (κ2) is 12.0. The fourth-order valence-electron chi connectivity index (χ4n) is 6.07. The third kappa shape index (κ3) is 6.53. The van der Waals surface area contributed by atoms with Gasteiger partial charge < -0.3 is 30.0 Å². The number of hydrogen-bond donors (Lipinski definition) is 3. The summed E-state index contributed by atoms with van der Waals surface area (Å²) in [5, 5.41) is 17.9. The molecule has 0 unspecified atom stereocenters. The largest absolute Gasteiger partial charge is 0.586 e. The number of aliphatic hydroxyl groups excluding tert-OH is 1. The number of aryl methyl sites for hydroxylation is 1. The molecule has 1 saturated carbocycles. The van der Waals surface area contributed by atoms with Crippen molar-refractivity contribution in [2.75, 3.05) is 6.54 Å². The number of hydrogen-bond acceptors (Lipinski definition) is 6. The van der Waals surface area contributed by atoms with Crippen LogP contribution in [0, 0.1) is 0 Å². The van der Waals surface area contributed by atoms with Crippen molar-refractivity contribution in [3.63, 3.8) is 0 Å². The average Bonchev–Trinajstić information content (AvgIpc) is 3.32. The number of halogens is 2. The number of amides is 1. The summed E-state index contributed by atoms with van der Waals surface area (Å²) >= 11 is 0. The highest BCUT2D eigenvalue weighted by atomic mass is 19.3. The van der Waals surface area contributed by atoms with Crippen molar-refractivity contribution in [2.24, 2.45) is 0 Å². The Morgan fingerprint density at radius 3 is 2.58 bits per heavy atom. The number of para-hydroxylation sites is 1. The number of carbonyl (C=O) groups is 1. The molecular formula is C34H36F2N2O5. The molecule has 2 aliphatic heterocycles. The second-order valence-corrected chi connectivity index (χ2v) is 11.6. The van der Waals surface area contributed by atoms with Crippen molar-refractivity contribution in [3.05, 3.63) is 95.1 Å². The van der Waals surface area contributed by atoms with Gasteiger partial charge in [0.05, 0.1) is 12.1 Å². The van der Waals surface area contributed by atoms with E-state index in [2.05, 4.69) is 45.2 Å². The van der Waals surface area contributed by atoms with Crippen LogP contribution in [0.25, 0.3) is 6.08 Å². The normalized spacial score (nSPS) is 20.6. The molecule has 0 aromatic heterocycles. The van der Waals surface area contributed by atoms with Crippen LogP contribution in [-0.2, 0) is 17.6 Å². The summed E-state index contributed by atoms with van der Waals surface area (Å²) in [6.45, 7) is 2.38. The van der Waals surface area contributed by atoms with Crippen LogP contribution in [0.1, 0.15) is 60.9 Å². The first-order chi connectivity index (χ1) is 20.7. The SMILES string of the molecule is CCc1ccc2c(c1)[C@@H](NC[C@@H](O)[C@H](Cc1ccccc1)NC(=O)/C=C/c1cccc3c1OC(F)(F)O3)CC1(CCC1)O2. The Hall–Kier alpha value is -3.95. The fourth-order valence-corrected chi connectivity index (χ4v) is 6.07. The van der Waals surface area contributed by atoms with Gasteiger partial charge >= 0.3 is 6.29 Å².